The van der Waals surface area contributed by atoms with E-state index < -0.39 is 0 Å². The van der Waals surface area contributed by atoms with Crippen LogP contribution in [0.5, 0.6) is 0 Å². The Bertz CT molecular complexity index is 377. The van der Waals surface area contributed by atoms with Crippen LogP contribution in [-0.2, 0) is 16.0 Å². The van der Waals surface area contributed by atoms with Crippen molar-refractivity contribution in [3.8, 4) is 0 Å². The molecule has 0 saturated carbocycles. The summed E-state index contributed by atoms with van der Waals surface area (Å²) in [5, 5.41) is 9.57. The third kappa shape index (κ3) is 7.06. The van der Waals surface area contributed by atoms with Crippen LogP contribution in [0.15, 0.2) is 18.5 Å². The predicted octanol–water partition coefficient (Wildman–Crippen LogP) is 2.92. The molecule has 0 radical (unpaired) electrons. The van der Waals surface area contributed by atoms with Crippen molar-refractivity contribution in [1.29, 1.82) is 0 Å². The van der Waals surface area contributed by atoms with Gasteiger partial charge in [0.25, 0.3) is 0 Å². The largest absolute Gasteiger partial charge is 0.391 e. The normalized spacial score (nSPS) is 20.2. The summed E-state index contributed by atoms with van der Waals surface area (Å²) in [5.74, 6) is 0.324. The highest BCUT2D eigenvalue weighted by atomic mass is 127. The Labute approximate surface area is 135 Å². The molecule has 2 heterocycles. The maximum absolute atomic E-state index is 9.57. The van der Waals surface area contributed by atoms with E-state index in [-0.39, 0.29) is 6.10 Å². The Morgan fingerprint density at radius 2 is 2.15 bits per heavy atom. The molecule has 2 rings (SSSR count). The SMILES string of the molecule is CC(C)C(O)Cn1ccc(I)c1.CCOC(C)C1CO1. The summed E-state index contributed by atoms with van der Waals surface area (Å²) < 4.78 is 13.5. The standard InChI is InChI=1S/C9H14INO.C6H12O2/c1-7(2)9(12)6-11-4-3-8(10)5-11;1-3-7-5(2)6-4-8-6/h3-5,7,9,12H,6H2,1-2H3;5-6H,3-4H2,1-2H3. The van der Waals surface area contributed by atoms with Gasteiger partial charge in [0.15, 0.2) is 0 Å². The number of epoxide rings is 1. The summed E-state index contributed by atoms with van der Waals surface area (Å²) in [7, 11) is 0. The molecule has 0 aliphatic carbocycles. The highest BCUT2D eigenvalue weighted by molar-refractivity contribution is 14.1. The van der Waals surface area contributed by atoms with Crippen LogP contribution >= 0.6 is 22.6 Å². The number of nitrogens with zero attached hydrogens (tertiary/aromatic N) is 1. The minimum atomic E-state index is -0.242. The first-order valence-corrected chi connectivity index (χ1v) is 8.24. The topological polar surface area (TPSA) is 46.9 Å². The van der Waals surface area contributed by atoms with Gasteiger partial charge in [0, 0.05) is 29.1 Å². The number of hydrogen-bond donors (Lipinski definition) is 1. The molecule has 5 heteroatoms. The zero-order valence-electron chi connectivity index (χ0n) is 12.8. The first-order valence-electron chi connectivity index (χ1n) is 7.16. The van der Waals surface area contributed by atoms with Crippen molar-refractivity contribution in [2.24, 2.45) is 5.92 Å². The van der Waals surface area contributed by atoms with E-state index in [0.717, 1.165) is 13.2 Å². The Hall–Kier alpha value is -0.110. The fourth-order valence-electron chi connectivity index (χ4n) is 1.65. The zero-order valence-corrected chi connectivity index (χ0v) is 14.9. The number of aliphatic hydroxyl groups is 1. The summed E-state index contributed by atoms with van der Waals surface area (Å²) in [4.78, 5) is 0. The van der Waals surface area contributed by atoms with E-state index in [2.05, 4.69) is 22.6 Å². The molecular weight excluding hydrogens is 369 g/mol. The Morgan fingerprint density at radius 3 is 2.55 bits per heavy atom. The van der Waals surface area contributed by atoms with Gasteiger partial charge in [0.1, 0.15) is 6.10 Å². The molecule has 0 aromatic carbocycles. The third-order valence-electron chi connectivity index (χ3n) is 3.19. The van der Waals surface area contributed by atoms with Crippen molar-refractivity contribution in [3.63, 3.8) is 0 Å². The van der Waals surface area contributed by atoms with Crippen molar-refractivity contribution >= 4 is 22.6 Å². The van der Waals surface area contributed by atoms with E-state index in [1.807, 2.05) is 50.7 Å². The first-order chi connectivity index (χ1) is 9.43. The van der Waals surface area contributed by atoms with Crippen molar-refractivity contribution < 1.29 is 14.6 Å². The van der Waals surface area contributed by atoms with Crippen LogP contribution in [0.3, 0.4) is 0 Å². The molecule has 116 valence electrons. The average Bonchev–Trinajstić information content (AvgIpc) is 3.15. The summed E-state index contributed by atoms with van der Waals surface area (Å²) in [6.45, 7) is 10.5. The molecule has 0 bridgehead atoms. The number of hydrogen-bond acceptors (Lipinski definition) is 3. The van der Waals surface area contributed by atoms with Crippen molar-refractivity contribution in [3.05, 3.63) is 22.0 Å². The lowest BCUT2D eigenvalue weighted by Crippen LogP contribution is -2.20. The number of aliphatic hydroxyl groups excluding tert-OH is 1. The second-order valence-electron chi connectivity index (χ2n) is 5.37. The van der Waals surface area contributed by atoms with Crippen molar-refractivity contribution in [2.75, 3.05) is 13.2 Å². The van der Waals surface area contributed by atoms with E-state index in [1.54, 1.807) is 0 Å². The lowest BCUT2D eigenvalue weighted by Gasteiger charge is -2.14. The minimum absolute atomic E-state index is 0.242. The van der Waals surface area contributed by atoms with Crippen LogP contribution in [0.1, 0.15) is 27.7 Å². The van der Waals surface area contributed by atoms with Gasteiger partial charge in [-0.25, -0.2) is 0 Å². The molecule has 1 aliphatic rings. The Balaban J connectivity index is 0.000000217. The van der Waals surface area contributed by atoms with Gasteiger partial charge in [-0.1, -0.05) is 13.8 Å². The molecule has 3 unspecified atom stereocenters. The lowest BCUT2D eigenvalue weighted by atomic mass is 10.1. The third-order valence-corrected chi connectivity index (χ3v) is 3.83. The van der Waals surface area contributed by atoms with Gasteiger partial charge in [-0.2, -0.15) is 0 Å². The van der Waals surface area contributed by atoms with Gasteiger partial charge < -0.3 is 19.1 Å². The van der Waals surface area contributed by atoms with Crippen LogP contribution in [-0.4, -0.2) is 41.2 Å². The second kappa shape index (κ2) is 9.02. The van der Waals surface area contributed by atoms with Gasteiger partial charge in [-0.3, -0.25) is 0 Å². The molecule has 20 heavy (non-hydrogen) atoms. The summed E-state index contributed by atoms with van der Waals surface area (Å²) >= 11 is 2.26. The molecule has 1 N–H and O–H groups in total. The quantitative estimate of drug-likeness (QED) is 0.595. The molecule has 1 fully saturated rings. The van der Waals surface area contributed by atoms with E-state index >= 15 is 0 Å². The highest BCUT2D eigenvalue weighted by Gasteiger charge is 2.29. The second-order valence-corrected chi connectivity index (χ2v) is 6.62. The highest BCUT2D eigenvalue weighted by Crippen LogP contribution is 2.15. The van der Waals surface area contributed by atoms with E-state index in [1.165, 1.54) is 3.57 Å². The van der Waals surface area contributed by atoms with Gasteiger partial charge in [0.05, 0.1) is 18.8 Å². The van der Waals surface area contributed by atoms with Crippen LogP contribution in [0.25, 0.3) is 0 Å². The van der Waals surface area contributed by atoms with Gasteiger partial charge in [-0.05, 0) is 48.4 Å². The number of ether oxygens (including phenoxy) is 2. The van der Waals surface area contributed by atoms with E-state index in [0.29, 0.717) is 24.7 Å². The molecule has 0 spiro atoms. The monoisotopic (exact) mass is 395 g/mol. The summed E-state index contributed by atoms with van der Waals surface area (Å²) in [5.41, 5.74) is 0. The zero-order chi connectivity index (χ0) is 15.1. The smallest absolute Gasteiger partial charge is 0.107 e. The molecular formula is C15H26INO3. The number of aromatic nitrogens is 1. The van der Waals surface area contributed by atoms with Crippen LogP contribution in [0.2, 0.25) is 0 Å². The van der Waals surface area contributed by atoms with Crippen LogP contribution in [0, 0.1) is 9.49 Å². The molecule has 1 aromatic rings. The first kappa shape index (κ1) is 17.9. The minimum Gasteiger partial charge on any atom is -0.391 e. The molecule has 1 aliphatic heterocycles. The van der Waals surface area contributed by atoms with Gasteiger partial charge in [-0.15, -0.1) is 0 Å². The van der Waals surface area contributed by atoms with Gasteiger partial charge in [0.2, 0.25) is 0 Å². The van der Waals surface area contributed by atoms with Crippen LogP contribution in [0.4, 0.5) is 0 Å². The maximum Gasteiger partial charge on any atom is 0.107 e. The molecule has 0 amide bonds. The fourth-order valence-corrected chi connectivity index (χ4v) is 2.17. The van der Waals surface area contributed by atoms with E-state index in [9.17, 15) is 5.11 Å². The number of rotatable bonds is 6. The van der Waals surface area contributed by atoms with Gasteiger partial charge >= 0.3 is 0 Å². The maximum atomic E-state index is 9.57. The van der Waals surface area contributed by atoms with Crippen LogP contribution < -0.4 is 0 Å². The lowest BCUT2D eigenvalue weighted by molar-refractivity contribution is 0.0549. The summed E-state index contributed by atoms with van der Waals surface area (Å²) in [6.07, 6.45) is 4.49. The molecule has 1 saturated heterocycles. The molecule has 3 atom stereocenters. The molecule has 1 aromatic heterocycles. The molecule has 4 nitrogen and oxygen atoms in total. The average molecular weight is 395 g/mol. The van der Waals surface area contributed by atoms with E-state index in [4.69, 9.17) is 9.47 Å². The fraction of sp³-hybridized carbons (Fsp3) is 0.733. The van der Waals surface area contributed by atoms with Crippen molar-refractivity contribution in [2.45, 2.75) is 52.6 Å². The summed E-state index contributed by atoms with van der Waals surface area (Å²) in [6, 6.07) is 2.04. The van der Waals surface area contributed by atoms with Crippen molar-refractivity contribution in [1.82, 2.24) is 4.57 Å². The predicted molar refractivity (Wildman–Crippen MR) is 88.8 cm³/mol. The number of halogens is 1. The Morgan fingerprint density at radius 1 is 1.50 bits per heavy atom. The Kier molecular flexibility index (Phi) is 8.09.